The number of carbonyl (C=O) groups is 1. The quantitative estimate of drug-likeness (QED) is 0.671. The molecule has 0 saturated carbocycles. The lowest BCUT2D eigenvalue weighted by Crippen LogP contribution is -2.40. The Balaban J connectivity index is 2.89. The molecule has 18 heavy (non-hydrogen) atoms. The van der Waals surface area contributed by atoms with Gasteiger partial charge in [0.25, 0.3) is 10.0 Å². The van der Waals surface area contributed by atoms with Crippen LogP contribution in [0, 0.1) is 0 Å². The number of rotatable bonds is 7. The Labute approximate surface area is 106 Å². The minimum absolute atomic E-state index is 0.110. The molecule has 1 atom stereocenters. The summed E-state index contributed by atoms with van der Waals surface area (Å²) in [6.07, 6.45) is 2.57. The largest absolute Gasteiger partial charge is 0.480 e. The van der Waals surface area contributed by atoms with Crippen LogP contribution in [0.4, 0.5) is 0 Å². The second kappa shape index (κ2) is 5.96. The summed E-state index contributed by atoms with van der Waals surface area (Å²) in [6.45, 7) is 3.62. The maximum Gasteiger partial charge on any atom is 0.321 e. The van der Waals surface area contributed by atoms with E-state index >= 15 is 0 Å². The molecule has 0 radical (unpaired) electrons. The second-order valence-electron chi connectivity index (χ2n) is 3.85. The van der Waals surface area contributed by atoms with Crippen molar-refractivity contribution in [1.29, 1.82) is 0 Å². The highest BCUT2D eigenvalue weighted by molar-refractivity contribution is 7.89. The highest BCUT2D eigenvalue weighted by Gasteiger charge is 2.25. The lowest BCUT2D eigenvalue weighted by atomic mass is 10.2. The molecule has 1 aromatic heterocycles. The van der Waals surface area contributed by atoms with E-state index in [2.05, 4.69) is 14.7 Å². The van der Waals surface area contributed by atoms with Crippen molar-refractivity contribution in [2.24, 2.45) is 0 Å². The van der Waals surface area contributed by atoms with Crippen molar-refractivity contribution in [3.63, 3.8) is 0 Å². The van der Waals surface area contributed by atoms with Crippen LogP contribution < -0.4 is 4.72 Å². The molecule has 1 aromatic rings. The van der Waals surface area contributed by atoms with Crippen molar-refractivity contribution in [1.82, 2.24) is 14.7 Å². The van der Waals surface area contributed by atoms with Crippen molar-refractivity contribution in [2.45, 2.75) is 44.2 Å². The van der Waals surface area contributed by atoms with E-state index in [1.165, 1.54) is 6.20 Å². The van der Waals surface area contributed by atoms with Gasteiger partial charge < -0.3 is 10.1 Å². The van der Waals surface area contributed by atoms with Gasteiger partial charge in [0, 0.05) is 6.42 Å². The normalized spacial score (nSPS) is 13.4. The van der Waals surface area contributed by atoms with Gasteiger partial charge in [-0.3, -0.25) is 4.79 Å². The molecule has 1 heterocycles. The first kappa shape index (κ1) is 14.7. The van der Waals surface area contributed by atoms with Gasteiger partial charge in [0.1, 0.15) is 11.9 Å². The summed E-state index contributed by atoms with van der Waals surface area (Å²) in [5.41, 5.74) is 0. The smallest absolute Gasteiger partial charge is 0.321 e. The van der Waals surface area contributed by atoms with Crippen molar-refractivity contribution < 1.29 is 18.3 Å². The lowest BCUT2D eigenvalue weighted by molar-refractivity contribution is -0.139. The van der Waals surface area contributed by atoms with Crippen LogP contribution in [0.5, 0.6) is 0 Å². The summed E-state index contributed by atoms with van der Waals surface area (Å²) >= 11 is 0. The Kier molecular flexibility index (Phi) is 4.85. The molecule has 0 aromatic carbocycles. The number of aromatic amines is 1. The molecule has 7 nitrogen and oxygen atoms in total. The van der Waals surface area contributed by atoms with Gasteiger partial charge in [0.05, 0.1) is 6.20 Å². The van der Waals surface area contributed by atoms with E-state index in [0.717, 1.165) is 0 Å². The second-order valence-corrected chi connectivity index (χ2v) is 5.53. The van der Waals surface area contributed by atoms with Gasteiger partial charge in [-0.25, -0.2) is 13.4 Å². The molecule has 0 amide bonds. The van der Waals surface area contributed by atoms with Crippen molar-refractivity contribution in [3.8, 4) is 0 Å². The number of aryl methyl sites for hydroxylation is 1. The number of imidazole rings is 1. The number of sulfonamides is 1. The molecule has 0 spiro atoms. The molecule has 0 aliphatic heterocycles. The molecule has 0 aliphatic rings. The molecule has 1 rings (SSSR count). The van der Waals surface area contributed by atoms with Crippen LogP contribution in [-0.2, 0) is 21.2 Å². The zero-order valence-electron chi connectivity index (χ0n) is 10.3. The van der Waals surface area contributed by atoms with E-state index < -0.39 is 22.0 Å². The summed E-state index contributed by atoms with van der Waals surface area (Å²) in [4.78, 5) is 17.4. The van der Waals surface area contributed by atoms with Gasteiger partial charge in [0.2, 0.25) is 0 Å². The van der Waals surface area contributed by atoms with Crippen molar-refractivity contribution in [3.05, 3.63) is 12.0 Å². The lowest BCUT2D eigenvalue weighted by Gasteiger charge is -2.12. The van der Waals surface area contributed by atoms with Gasteiger partial charge >= 0.3 is 5.97 Å². The Morgan fingerprint density at radius 2 is 2.22 bits per heavy atom. The Morgan fingerprint density at radius 3 is 2.67 bits per heavy atom. The molecule has 0 aliphatic carbocycles. The SMILES string of the molecule is CCC[C@H](NS(=O)(=O)c1cnc(CC)[nH]1)C(=O)O. The third kappa shape index (κ3) is 3.54. The van der Waals surface area contributed by atoms with Crippen LogP contribution >= 0.6 is 0 Å². The number of aromatic nitrogens is 2. The first-order valence-electron chi connectivity index (χ1n) is 5.69. The standard InChI is InChI=1S/C10H17N3O4S/c1-3-5-7(10(14)15)13-18(16,17)9-6-11-8(4-2)12-9/h6-7,13H,3-5H2,1-2H3,(H,11,12)(H,14,15)/t7-/m0/s1. The third-order valence-electron chi connectivity index (χ3n) is 2.40. The summed E-state index contributed by atoms with van der Waals surface area (Å²) in [5.74, 6) is -0.645. The predicted octanol–water partition coefficient (Wildman–Crippen LogP) is 0.504. The Morgan fingerprint density at radius 1 is 1.56 bits per heavy atom. The van der Waals surface area contributed by atoms with Gasteiger partial charge in [-0.05, 0) is 6.42 Å². The zero-order valence-corrected chi connectivity index (χ0v) is 11.1. The minimum atomic E-state index is -3.86. The number of aliphatic carboxylic acids is 1. The Hall–Kier alpha value is -1.41. The maximum atomic E-state index is 11.9. The van der Waals surface area contributed by atoms with Crippen LogP contribution in [0.1, 0.15) is 32.5 Å². The van der Waals surface area contributed by atoms with E-state index in [4.69, 9.17) is 5.11 Å². The van der Waals surface area contributed by atoms with E-state index in [1.54, 1.807) is 6.92 Å². The topological polar surface area (TPSA) is 112 Å². The highest BCUT2D eigenvalue weighted by Crippen LogP contribution is 2.08. The molecule has 102 valence electrons. The van der Waals surface area contributed by atoms with Crippen LogP contribution in [0.25, 0.3) is 0 Å². The van der Waals surface area contributed by atoms with Crippen LogP contribution in [0.15, 0.2) is 11.2 Å². The van der Waals surface area contributed by atoms with Gasteiger partial charge in [-0.1, -0.05) is 20.3 Å². The summed E-state index contributed by atoms with van der Waals surface area (Å²) in [7, 11) is -3.86. The number of carboxylic acids is 1. The predicted molar refractivity (Wildman–Crippen MR) is 64.6 cm³/mol. The zero-order chi connectivity index (χ0) is 13.8. The molecule has 0 fully saturated rings. The van der Waals surface area contributed by atoms with Gasteiger partial charge in [-0.2, -0.15) is 4.72 Å². The molecule has 8 heteroatoms. The first-order chi connectivity index (χ1) is 8.40. The fourth-order valence-corrected chi connectivity index (χ4v) is 2.60. The summed E-state index contributed by atoms with van der Waals surface area (Å²) in [5, 5.41) is 8.80. The first-order valence-corrected chi connectivity index (χ1v) is 7.18. The van der Waals surface area contributed by atoms with Crippen LogP contribution in [0.2, 0.25) is 0 Å². The highest BCUT2D eigenvalue weighted by atomic mass is 32.2. The number of carboxylic acid groups (broad SMARTS) is 1. The average molecular weight is 275 g/mol. The minimum Gasteiger partial charge on any atom is -0.480 e. The number of H-pyrrole nitrogens is 1. The molecule has 0 unspecified atom stereocenters. The fraction of sp³-hybridized carbons (Fsp3) is 0.600. The summed E-state index contributed by atoms with van der Waals surface area (Å²) < 4.78 is 26.0. The van der Waals surface area contributed by atoms with Crippen molar-refractivity contribution in [2.75, 3.05) is 0 Å². The maximum absolute atomic E-state index is 11.9. The molecular formula is C10H17N3O4S. The number of hydrogen-bond donors (Lipinski definition) is 3. The van der Waals surface area contributed by atoms with E-state index in [-0.39, 0.29) is 11.4 Å². The van der Waals surface area contributed by atoms with Crippen LogP contribution in [-0.4, -0.2) is 35.5 Å². The number of nitrogens with one attached hydrogen (secondary N) is 2. The molecule has 0 bridgehead atoms. The average Bonchev–Trinajstić information content (AvgIpc) is 2.77. The van der Waals surface area contributed by atoms with E-state index in [1.807, 2.05) is 6.92 Å². The Bertz CT molecular complexity index is 509. The monoisotopic (exact) mass is 275 g/mol. The van der Waals surface area contributed by atoms with E-state index in [9.17, 15) is 13.2 Å². The fourth-order valence-electron chi connectivity index (χ4n) is 1.43. The number of hydrogen-bond acceptors (Lipinski definition) is 4. The molecule has 3 N–H and O–H groups in total. The number of nitrogens with zero attached hydrogens (tertiary/aromatic N) is 1. The third-order valence-corrected chi connectivity index (χ3v) is 3.78. The van der Waals surface area contributed by atoms with Gasteiger partial charge in [0.15, 0.2) is 5.03 Å². The molecular weight excluding hydrogens is 258 g/mol. The summed E-state index contributed by atoms with van der Waals surface area (Å²) in [6, 6.07) is -1.12. The van der Waals surface area contributed by atoms with Crippen molar-refractivity contribution >= 4 is 16.0 Å². The van der Waals surface area contributed by atoms with E-state index in [0.29, 0.717) is 18.7 Å². The van der Waals surface area contributed by atoms with Gasteiger partial charge in [-0.15, -0.1) is 0 Å². The molecule has 0 saturated heterocycles. The van der Waals surface area contributed by atoms with Crippen LogP contribution in [0.3, 0.4) is 0 Å².